The Morgan fingerprint density at radius 3 is 2.43 bits per heavy atom. The fourth-order valence-electron chi connectivity index (χ4n) is 3.03. The summed E-state index contributed by atoms with van der Waals surface area (Å²) in [6.45, 7) is 0.365. The summed E-state index contributed by atoms with van der Waals surface area (Å²) in [6.07, 6.45) is 6.00. The largest absolute Gasteiger partial charge is 0.493 e. The average molecular weight is 332 g/mol. The second-order valence-electron chi connectivity index (χ2n) is 5.97. The van der Waals surface area contributed by atoms with Crippen molar-refractivity contribution in [2.45, 2.75) is 38.5 Å². The van der Waals surface area contributed by atoms with Gasteiger partial charge in [0.15, 0.2) is 0 Å². The zero-order chi connectivity index (χ0) is 15.3. The van der Waals surface area contributed by atoms with Gasteiger partial charge in [0.2, 0.25) is 10.0 Å². The molecule has 118 valence electrons. The summed E-state index contributed by atoms with van der Waals surface area (Å²) in [5.74, 6) is 0.654. The highest BCUT2D eigenvalue weighted by Gasteiger charge is 2.35. The van der Waals surface area contributed by atoms with Gasteiger partial charge in [0.25, 0.3) is 0 Å². The maximum Gasteiger partial charge on any atom is 0.209 e. The highest BCUT2D eigenvalue weighted by atomic mass is 35.5. The Hall–Kier alpha value is -0.780. The van der Waals surface area contributed by atoms with Crippen LogP contribution in [0.4, 0.5) is 0 Å². The van der Waals surface area contributed by atoms with Gasteiger partial charge in [-0.3, -0.25) is 0 Å². The van der Waals surface area contributed by atoms with Crippen LogP contribution in [0, 0.1) is 5.41 Å². The Kier molecular flexibility index (Phi) is 5.52. The van der Waals surface area contributed by atoms with Gasteiger partial charge in [-0.05, 0) is 31.0 Å². The van der Waals surface area contributed by atoms with Crippen molar-refractivity contribution in [3.05, 3.63) is 29.3 Å². The van der Waals surface area contributed by atoms with E-state index in [0.717, 1.165) is 38.5 Å². The van der Waals surface area contributed by atoms with Crippen LogP contribution >= 0.6 is 11.6 Å². The molecule has 0 unspecified atom stereocenters. The molecule has 1 aromatic carbocycles. The first-order valence-electron chi connectivity index (χ1n) is 7.28. The fourth-order valence-corrected chi connectivity index (χ4v) is 4.43. The van der Waals surface area contributed by atoms with Crippen LogP contribution in [0.15, 0.2) is 24.3 Å². The van der Waals surface area contributed by atoms with Crippen molar-refractivity contribution in [2.24, 2.45) is 10.6 Å². The van der Waals surface area contributed by atoms with Crippen molar-refractivity contribution in [2.75, 3.05) is 12.4 Å². The first-order chi connectivity index (χ1) is 9.89. The number of hydrogen-bond acceptors (Lipinski definition) is 3. The predicted molar refractivity (Wildman–Crippen MR) is 85.1 cm³/mol. The number of halogens is 1. The van der Waals surface area contributed by atoms with Crippen LogP contribution in [0.2, 0.25) is 5.02 Å². The van der Waals surface area contributed by atoms with Gasteiger partial charge >= 0.3 is 0 Å². The Balaban J connectivity index is 2.11. The smallest absolute Gasteiger partial charge is 0.209 e. The van der Waals surface area contributed by atoms with E-state index in [1.807, 2.05) is 12.1 Å². The molecule has 2 N–H and O–H groups in total. The third-order valence-corrected chi connectivity index (χ3v) is 5.26. The topological polar surface area (TPSA) is 69.4 Å². The summed E-state index contributed by atoms with van der Waals surface area (Å²) in [5.41, 5.74) is -0.383. The molecule has 1 aliphatic rings. The molecule has 2 rings (SSSR count). The third kappa shape index (κ3) is 5.49. The number of benzene rings is 1. The predicted octanol–water partition coefficient (Wildman–Crippen LogP) is 3.35. The second kappa shape index (κ2) is 6.99. The van der Waals surface area contributed by atoms with Crippen molar-refractivity contribution in [1.82, 2.24) is 0 Å². The number of nitrogens with two attached hydrogens (primary N) is 1. The SMILES string of the molecule is NS(=O)(=O)CC1(COc2cccc(Cl)c2)CCCCCC1. The molecule has 1 fully saturated rings. The lowest BCUT2D eigenvalue weighted by Crippen LogP contribution is -2.38. The lowest BCUT2D eigenvalue weighted by molar-refractivity contribution is 0.146. The molecular weight excluding hydrogens is 310 g/mol. The van der Waals surface area contributed by atoms with E-state index in [2.05, 4.69) is 0 Å². The Morgan fingerprint density at radius 1 is 1.19 bits per heavy atom. The summed E-state index contributed by atoms with van der Waals surface area (Å²) in [6, 6.07) is 7.16. The standard InChI is InChI=1S/C15H22ClNO3S/c16-13-6-5-7-14(10-13)20-11-15(12-21(17,18)19)8-3-1-2-4-9-15/h5-7,10H,1-4,8-9,11-12H2,(H2,17,18,19). The molecule has 0 amide bonds. The number of sulfonamides is 1. The molecule has 1 saturated carbocycles. The summed E-state index contributed by atoms with van der Waals surface area (Å²) in [4.78, 5) is 0. The molecular formula is C15H22ClNO3S. The van der Waals surface area contributed by atoms with Gasteiger partial charge in [0.05, 0.1) is 12.4 Å². The molecule has 0 heterocycles. The van der Waals surface area contributed by atoms with Crippen molar-refractivity contribution < 1.29 is 13.2 Å². The van der Waals surface area contributed by atoms with Gasteiger partial charge in [-0.2, -0.15) is 0 Å². The van der Waals surface area contributed by atoms with Crippen LogP contribution in [0.25, 0.3) is 0 Å². The van der Waals surface area contributed by atoms with Gasteiger partial charge in [-0.1, -0.05) is 43.4 Å². The van der Waals surface area contributed by atoms with Crippen LogP contribution in [-0.4, -0.2) is 20.8 Å². The number of rotatable bonds is 5. The molecule has 0 saturated heterocycles. The lowest BCUT2D eigenvalue weighted by Gasteiger charge is -2.31. The highest BCUT2D eigenvalue weighted by molar-refractivity contribution is 7.89. The molecule has 0 radical (unpaired) electrons. The van der Waals surface area contributed by atoms with Crippen molar-refractivity contribution >= 4 is 21.6 Å². The van der Waals surface area contributed by atoms with Gasteiger partial charge in [-0.15, -0.1) is 0 Å². The van der Waals surface area contributed by atoms with E-state index in [1.54, 1.807) is 12.1 Å². The highest BCUT2D eigenvalue weighted by Crippen LogP contribution is 2.36. The minimum Gasteiger partial charge on any atom is -0.493 e. The van der Waals surface area contributed by atoms with E-state index in [0.29, 0.717) is 17.4 Å². The quantitative estimate of drug-likeness (QED) is 0.841. The van der Waals surface area contributed by atoms with E-state index in [4.69, 9.17) is 21.5 Å². The van der Waals surface area contributed by atoms with Crippen LogP contribution in [0.1, 0.15) is 38.5 Å². The van der Waals surface area contributed by atoms with E-state index < -0.39 is 10.0 Å². The van der Waals surface area contributed by atoms with E-state index >= 15 is 0 Å². The lowest BCUT2D eigenvalue weighted by atomic mass is 9.83. The number of ether oxygens (including phenoxy) is 1. The summed E-state index contributed by atoms with van der Waals surface area (Å²) >= 11 is 5.94. The molecule has 1 aliphatic carbocycles. The molecule has 6 heteroatoms. The fraction of sp³-hybridized carbons (Fsp3) is 0.600. The molecule has 4 nitrogen and oxygen atoms in total. The monoisotopic (exact) mass is 331 g/mol. The zero-order valence-electron chi connectivity index (χ0n) is 12.1. The van der Waals surface area contributed by atoms with Crippen molar-refractivity contribution in [3.63, 3.8) is 0 Å². The van der Waals surface area contributed by atoms with E-state index in [1.165, 1.54) is 0 Å². The third-order valence-electron chi connectivity index (χ3n) is 4.01. The molecule has 0 aromatic heterocycles. The molecule has 0 spiro atoms. The molecule has 0 atom stereocenters. The number of primary sulfonamides is 1. The van der Waals surface area contributed by atoms with Gasteiger partial charge in [-0.25, -0.2) is 13.6 Å². The van der Waals surface area contributed by atoms with Crippen molar-refractivity contribution in [1.29, 1.82) is 0 Å². The minimum atomic E-state index is -3.52. The number of hydrogen-bond donors (Lipinski definition) is 1. The maximum atomic E-state index is 11.6. The van der Waals surface area contributed by atoms with Gasteiger partial charge in [0, 0.05) is 10.4 Å². The van der Waals surface area contributed by atoms with Gasteiger partial charge in [0.1, 0.15) is 5.75 Å². The van der Waals surface area contributed by atoms with Crippen LogP contribution in [-0.2, 0) is 10.0 Å². The van der Waals surface area contributed by atoms with Crippen LogP contribution < -0.4 is 9.88 Å². The Morgan fingerprint density at radius 2 is 1.86 bits per heavy atom. The van der Waals surface area contributed by atoms with Gasteiger partial charge < -0.3 is 4.74 Å². The van der Waals surface area contributed by atoms with Crippen LogP contribution in [0.3, 0.4) is 0 Å². The summed E-state index contributed by atoms with van der Waals surface area (Å²) in [5, 5.41) is 5.90. The first-order valence-corrected chi connectivity index (χ1v) is 9.37. The van der Waals surface area contributed by atoms with Crippen molar-refractivity contribution in [3.8, 4) is 5.75 Å². The average Bonchev–Trinajstić information content (AvgIpc) is 2.61. The molecule has 1 aromatic rings. The second-order valence-corrected chi connectivity index (χ2v) is 8.02. The maximum absolute atomic E-state index is 11.6. The first kappa shape index (κ1) is 16.6. The zero-order valence-corrected chi connectivity index (χ0v) is 13.6. The molecule has 0 aliphatic heterocycles. The minimum absolute atomic E-state index is 0.0133. The molecule has 21 heavy (non-hydrogen) atoms. The van der Waals surface area contributed by atoms with E-state index in [9.17, 15) is 8.42 Å². The van der Waals surface area contributed by atoms with E-state index in [-0.39, 0.29) is 11.2 Å². The summed E-state index contributed by atoms with van der Waals surface area (Å²) < 4.78 is 29.0. The Labute approximate surface area is 131 Å². The molecule has 0 bridgehead atoms. The summed E-state index contributed by atoms with van der Waals surface area (Å²) in [7, 11) is -3.52. The van der Waals surface area contributed by atoms with Crippen LogP contribution in [0.5, 0.6) is 5.75 Å². The Bertz CT molecular complexity index is 566. The normalized spacial score (nSPS) is 19.0.